The van der Waals surface area contributed by atoms with Crippen molar-refractivity contribution in [2.45, 2.75) is 13.0 Å². The molecule has 0 aliphatic carbocycles. The molecule has 0 unspecified atom stereocenters. The molecule has 0 radical (unpaired) electrons. The maximum Gasteiger partial charge on any atom is 0.238 e. The van der Waals surface area contributed by atoms with Crippen LogP contribution in [0.1, 0.15) is 6.92 Å². The number of piperazine rings is 1. The van der Waals surface area contributed by atoms with Crippen molar-refractivity contribution >= 4 is 11.6 Å². The Hall–Kier alpha value is -1.53. The van der Waals surface area contributed by atoms with Gasteiger partial charge in [0.15, 0.2) is 0 Å². The third kappa shape index (κ3) is 3.97. The van der Waals surface area contributed by atoms with Gasteiger partial charge in [-0.15, -0.1) is 0 Å². The SMILES string of the molecule is C[C@@H]1CN(CC(=O)Nc2cc(F)ccc2F)CCN1. The molecule has 1 aromatic rings. The summed E-state index contributed by atoms with van der Waals surface area (Å²) in [6.45, 7) is 4.57. The number of nitrogens with one attached hydrogen (secondary N) is 2. The summed E-state index contributed by atoms with van der Waals surface area (Å²) in [4.78, 5) is 13.8. The maximum atomic E-state index is 13.4. The van der Waals surface area contributed by atoms with Crippen LogP contribution in [0.2, 0.25) is 0 Å². The first kappa shape index (κ1) is 13.9. The van der Waals surface area contributed by atoms with Crippen LogP contribution in [0.15, 0.2) is 18.2 Å². The largest absolute Gasteiger partial charge is 0.322 e. The summed E-state index contributed by atoms with van der Waals surface area (Å²) < 4.78 is 26.3. The lowest BCUT2D eigenvalue weighted by molar-refractivity contribution is -0.117. The molecule has 1 heterocycles. The lowest BCUT2D eigenvalue weighted by Gasteiger charge is -2.31. The van der Waals surface area contributed by atoms with Crippen LogP contribution in [-0.2, 0) is 4.79 Å². The highest BCUT2D eigenvalue weighted by Crippen LogP contribution is 2.15. The molecule has 19 heavy (non-hydrogen) atoms. The van der Waals surface area contributed by atoms with Gasteiger partial charge < -0.3 is 10.6 Å². The van der Waals surface area contributed by atoms with E-state index in [-0.39, 0.29) is 18.1 Å². The van der Waals surface area contributed by atoms with Gasteiger partial charge in [0.25, 0.3) is 0 Å². The van der Waals surface area contributed by atoms with E-state index >= 15 is 0 Å². The summed E-state index contributed by atoms with van der Waals surface area (Å²) in [6.07, 6.45) is 0. The number of nitrogens with zero attached hydrogens (tertiary/aromatic N) is 1. The number of hydrogen-bond donors (Lipinski definition) is 2. The van der Waals surface area contributed by atoms with Gasteiger partial charge in [0, 0.05) is 31.7 Å². The lowest BCUT2D eigenvalue weighted by atomic mass is 10.2. The van der Waals surface area contributed by atoms with E-state index in [1.807, 2.05) is 11.8 Å². The van der Waals surface area contributed by atoms with Gasteiger partial charge in [-0.05, 0) is 19.1 Å². The third-order valence-electron chi connectivity index (χ3n) is 3.02. The summed E-state index contributed by atoms with van der Waals surface area (Å²) in [5.74, 6) is -1.55. The van der Waals surface area contributed by atoms with Crippen LogP contribution in [0.25, 0.3) is 0 Å². The molecule has 104 valence electrons. The minimum absolute atomic E-state index is 0.117. The molecular weight excluding hydrogens is 252 g/mol. The fourth-order valence-electron chi connectivity index (χ4n) is 2.14. The molecule has 0 saturated carbocycles. The van der Waals surface area contributed by atoms with Crippen molar-refractivity contribution in [2.24, 2.45) is 0 Å². The number of rotatable bonds is 3. The molecule has 1 fully saturated rings. The van der Waals surface area contributed by atoms with E-state index in [4.69, 9.17) is 0 Å². The van der Waals surface area contributed by atoms with Crippen LogP contribution in [0.5, 0.6) is 0 Å². The molecule has 0 aromatic heterocycles. The van der Waals surface area contributed by atoms with Gasteiger partial charge in [-0.2, -0.15) is 0 Å². The third-order valence-corrected chi connectivity index (χ3v) is 3.02. The predicted octanol–water partition coefficient (Wildman–Crippen LogP) is 1.20. The van der Waals surface area contributed by atoms with E-state index in [0.29, 0.717) is 6.04 Å². The zero-order valence-electron chi connectivity index (χ0n) is 10.7. The number of halogens is 2. The average Bonchev–Trinajstić information content (AvgIpc) is 2.34. The molecule has 0 bridgehead atoms. The zero-order chi connectivity index (χ0) is 13.8. The summed E-state index contributed by atoms with van der Waals surface area (Å²) in [5, 5.41) is 5.67. The minimum Gasteiger partial charge on any atom is -0.322 e. The molecule has 2 N–H and O–H groups in total. The van der Waals surface area contributed by atoms with Crippen molar-refractivity contribution in [3.63, 3.8) is 0 Å². The van der Waals surface area contributed by atoms with Crippen LogP contribution in [0, 0.1) is 11.6 Å². The molecule has 2 rings (SSSR count). The van der Waals surface area contributed by atoms with Gasteiger partial charge >= 0.3 is 0 Å². The Bertz CT molecular complexity index is 467. The second-order valence-corrected chi connectivity index (χ2v) is 4.76. The van der Waals surface area contributed by atoms with Gasteiger partial charge in [-0.1, -0.05) is 0 Å². The van der Waals surface area contributed by atoms with Crippen LogP contribution < -0.4 is 10.6 Å². The Morgan fingerprint density at radius 3 is 3.05 bits per heavy atom. The number of anilines is 1. The molecule has 0 spiro atoms. The molecule has 1 aliphatic heterocycles. The first-order chi connectivity index (χ1) is 9.04. The second kappa shape index (κ2) is 6.08. The normalized spacial score (nSPS) is 20.3. The van der Waals surface area contributed by atoms with Crippen molar-refractivity contribution < 1.29 is 13.6 Å². The van der Waals surface area contributed by atoms with Gasteiger partial charge in [0.1, 0.15) is 11.6 Å². The van der Waals surface area contributed by atoms with Crippen LogP contribution in [0.3, 0.4) is 0 Å². The Morgan fingerprint density at radius 2 is 2.32 bits per heavy atom. The molecule has 1 aliphatic rings. The van der Waals surface area contributed by atoms with E-state index in [1.54, 1.807) is 0 Å². The molecular formula is C13H17F2N3O. The molecule has 1 saturated heterocycles. The van der Waals surface area contributed by atoms with Crippen LogP contribution in [0.4, 0.5) is 14.5 Å². The number of carbonyl (C=O) groups excluding carboxylic acids is 1. The predicted molar refractivity (Wildman–Crippen MR) is 68.9 cm³/mol. The lowest BCUT2D eigenvalue weighted by Crippen LogP contribution is -2.51. The van der Waals surface area contributed by atoms with E-state index in [0.717, 1.165) is 37.8 Å². The Morgan fingerprint density at radius 1 is 1.53 bits per heavy atom. The van der Waals surface area contributed by atoms with E-state index in [2.05, 4.69) is 10.6 Å². The smallest absolute Gasteiger partial charge is 0.238 e. The quantitative estimate of drug-likeness (QED) is 0.866. The summed E-state index contributed by atoms with van der Waals surface area (Å²) in [5.41, 5.74) is -0.117. The van der Waals surface area contributed by atoms with Crippen molar-refractivity contribution in [3.8, 4) is 0 Å². The van der Waals surface area contributed by atoms with Crippen molar-refractivity contribution in [3.05, 3.63) is 29.8 Å². The van der Waals surface area contributed by atoms with E-state index in [9.17, 15) is 13.6 Å². The highest BCUT2D eigenvalue weighted by molar-refractivity contribution is 5.92. The van der Waals surface area contributed by atoms with E-state index in [1.165, 1.54) is 0 Å². The molecule has 1 aromatic carbocycles. The Labute approximate surface area is 110 Å². The molecule has 4 nitrogen and oxygen atoms in total. The number of carbonyl (C=O) groups is 1. The highest BCUT2D eigenvalue weighted by Gasteiger charge is 2.18. The zero-order valence-corrected chi connectivity index (χ0v) is 10.7. The van der Waals surface area contributed by atoms with Gasteiger partial charge in [0.05, 0.1) is 12.2 Å². The first-order valence-corrected chi connectivity index (χ1v) is 6.25. The maximum absolute atomic E-state index is 13.4. The Kier molecular flexibility index (Phi) is 4.44. The summed E-state index contributed by atoms with van der Waals surface area (Å²) >= 11 is 0. The number of benzene rings is 1. The summed E-state index contributed by atoms with van der Waals surface area (Å²) in [7, 11) is 0. The fraction of sp³-hybridized carbons (Fsp3) is 0.462. The highest BCUT2D eigenvalue weighted by atomic mass is 19.1. The first-order valence-electron chi connectivity index (χ1n) is 6.25. The monoisotopic (exact) mass is 269 g/mol. The standard InChI is InChI=1S/C13H17F2N3O/c1-9-7-18(5-4-16-9)8-13(19)17-12-6-10(14)2-3-11(12)15/h2-3,6,9,16H,4-5,7-8H2,1H3,(H,17,19)/t9-/m1/s1. The molecule has 6 heteroatoms. The Balaban J connectivity index is 1.92. The van der Waals surface area contributed by atoms with Gasteiger partial charge in [0.2, 0.25) is 5.91 Å². The van der Waals surface area contributed by atoms with Crippen LogP contribution in [-0.4, -0.2) is 43.0 Å². The van der Waals surface area contributed by atoms with Crippen molar-refractivity contribution in [1.29, 1.82) is 0 Å². The topological polar surface area (TPSA) is 44.4 Å². The average molecular weight is 269 g/mol. The fourth-order valence-corrected chi connectivity index (χ4v) is 2.14. The molecule has 1 atom stereocenters. The number of amides is 1. The van der Waals surface area contributed by atoms with E-state index < -0.39 is 11.6 Å². The molecule has 1 amide bonds. The summed E-state index contributed by atoms with van der Waals surface area (Å²) in [6, 6.07) is 3.32. The van der Waals surface area contributed by atoms with Gasteiger partial charge in [-0.25, -0.2) is 8.78 Å². The van der Waals surface area contributed by atoms with Crippen molar-refractivity contribution in [2.75, 3.05) is 31.5 Å². The van der Waals surface area contributed by atoms with Gasteiger partial charge in [-0.3, -0.25) is 9.69 Å². The minimum atomic E-state index is -0.636. The van der Waals surface area contributed by atoms with Crippen LogP contribution >= 0.6 is 0 Å². The second-order valence-electron chi connectivity index (χ2n) is 4.76. The van der Waals surface area contributed by atoms with Crippen molar-refractivity contribution in [1.82, 2.24) is 10.2 Å². The number of hydrogen-bond acceptors (Lipinski definition) is 3.